The Labute approximate surface area is 198 Å². The van der Waals surface area contributed by atoms with Crippen molar-refractivity contribution in [2.45, 2.75) is 6.92 Å². The molecule has 0 radical (unpaired) electrons. The van der Waals surface area contributed by atoms with E-state index in [4.69, 9.17) is 0 Å². The van der Waals surface area contributed by atoms with Gasteiger partial charge in [0.2, 0.25) is 0 Å². The highest BCUT2D eigenvalue weighted by Crippen LogP contribution is 2.42. The van der Waals surface area contributed by atoms with Gasteiger partial charge in [-0.2, -0.15) is 0 Å². The van der Waals surface area contributed by atoms with Crippen LogP contribution in [0.5, 0.6) is 0 Å². The van der Waals surface area contributed by atoms with Gasteiger partial charge in [0.05, 0.1) is 0 Å². The van der Waals surface area contributed by atoms with Gasteiger partial charge in [-0.05, 0) is 44.9 Å². The summed E-state index contributed by atoms with van der Waals surface area (Å²) in [7, 11) is -2.42. The molecule has 0 nitrogen and oxygen atoms in total. The summed E-state index contributed by atoms with van der Waals surface area (Å²) in [6, 6.07) is 43.4. The fraction of sp³-hybridized carbons (Fsp3) is 0.0323. The van der Waals surface area contributed by atoms with Crippen molar-refractivity contribution in [1.82, 2.24) is 0 Å². The molecular weight excluding hydrogens is 432 g/mol. The van der Waals surface area contributed by atoms with Crippen LogP contribution in [0.25, 0.3) is 31.3 Å². The van der Waals surface area contributed by atoms with Crippen LogP contribution in [-0.2, 0) is 0 Å². The third kappa shape index (κ3) is 2.51. The SMILES string of the molecule is Cc1ccc2c(c1)[Si](c1ccccc1)(c1ccccc1)c1ccc3c(sc4ccccc43)c1-2. The molecule has 0 fully saturated rings. The Balaban J connectivity index is 1.72. The summed E-state index contributed by atoms with van der Waals surface area (Å²) in [6.07, 6.45) is 0. The van der Waals surface area contributed by atoms with Gasteiger partial charge in [-0.25, -0.2) is 0 Å². The van der Waals surface area contributed by atoms with E-state index in [0.29, 0.717) is 0 Å². The average Bonchev–Trinajstić information content (AvgIpc) is 3.38. The highest BCUT2D eigenvalue weighted by atomic mass is 32.1. The van der Waals surface area contributed by atoms with E-state index in [0.717, 1.165) is 0 Å². The molecule has 0 amide bonds. The van der Waals surface area contributed by atoms with Crippen molar-refractivity contribution < 1.29 is 0 Å². The van der Waals surface area contributed by atoms with Gasteiger partial charge < -0.3 is 0 Å². The maximum atomic E-state index is 2.47. The van der Waals surface area contributed by atoms with E-state index < -0.39 is 8.07 Å². The van der Waals surface area contributed by atoms with Crippen LogP contribution in [0.15, 0.2) is 115 Å². The number of hydrogen-bond acceptors (Lipinski definition) is 1. The summed E-state index contributed by atoms with van der Waals surface area (Å²) >= 11 is 1.95. The van der Waals surface area contributed by atoms with Crippen molar-refractivity contribution in [1.29, 1.82) is 0 Å². The molecule has 0 spiro atoms. The zero-order chi connectivity index (χ0) is 22.0. The Morgan fingerprint density at radius 2 is 1.24 bits per heavy atom. The first kappa shape index (κ1) is 19.0. The molecule has 0 saturated heterocycles. The van der Waals surface area contributed by atoms with E-state index in [1.54, 1.807) is 0 Å². The quantitative estimate of drug-likeness (QED) is 0.293. The first-order valence-corrected chi connectivity index (χ1v) is 14.3. The van der Waals surface area contributed by atoms with Crippen LogP contribution in [0.2, 0.25) is 0 Å². The number of rotatable bonds is 2. The van der Waals surface area contributed by atoms with Gasteiger partial charge in [0.15, 0.2) is 8.07 Å². The van der Waals surface area contributed by atoms with E-state index in [2.05, 4.69) is 122 Å². The molecule has 5 aromatic carbocycles. The van der Waals surface area contributed by atoms with E-state index in [1.165, 1.54) is 57.6 Å². The maximum Gasteiger partial charge on any atom is 0.180 e. The molecule has 1 aliphatic rings. The topological polar surface area (TPSA) is 0 Å². The lowest BCUT2D eigenvalue weighted by molar-refractivity contribution is 1.49. The van der Waals surface area contributed by atoms with Gasteiger partial charge in [0.1, 0.15) is 0 Å². The van der Waals surface area contributed by atoms with Crippen molar-refractivity contribution in [2.75, 3.05) is 0 Å². The summed E-state index contributed by atoms with van der Waals surface area (Å²) in [5.74, 6) is 0. The molecule has 0 N–H and O–H groups in total. The van der Waals surface area contributed by atoms with Crippen molar-refractivity contribution >= 4 is 60.3 Å². The van der Waals surface area contributed by atoms with Gasteiger partial charge in [-0.1, -0.05) is 115 Å². The van der Waals surface area contributed by atoms with Gasteiger partial charge in [-0.15, -0.1) is 11.3 Å². The molecule has 0 atom stereocenters. The minimum Gasteiger partial charge on any atom is -0.135 e. The monoisotopic (exact) mass is 454 g/mol. The Hall–Kier alpha value is -3.46. The van der Waals surface area contributed by atoms with Crippen LogP contribution in [0.4, 0.5) is 0 Å². The lowest BCUT2D eigenvalue weighted by Gasteiger charge is -2.31. The number of thiophene rings is 1. The second kappa shape index (κ2) is 7.02. The molecule has 1 aliphatic heterocycles. The molecule has 0 saturated carbocycles. The van der Waals surface area contributed by atoms with Gasteiger partial charge in [0.25, 0.3) is 0 Å². The first-order valence-electron chi connectivity index (χ1n) is 11.5. The summed E-state index contributed by atoms with van der Waals surface area (Å²) < 4.78 is 2.80. The van der Waals surface area contributed by atoms with E-state index in [1.807, 2.05) is 11.3 Å². The zero-order valence-corrected chi connectivity index (χ0v) is 20.2. The summed E-state index contributed by atoms with van der Waals surface area (Å²) in [6.45, 7) is 2.23. The van der Waals surface area contributed by atoms with Crippen molar-refractivity contribution in [3.63, 3.8) is 0 Å². The Kier molecular flexibility index (Phi) is 4.05. The third-order valence-electron chi connectivity index (χ3n) is 7.21. The van der Waals surface area contributed by atoms with Crippen LogP contribution in [0.3, 0.4) is 0 Å². The largest absolute Gasteiger partial charge is 0.180 e. The lowest BCUT2D eigenvalue weighted by Crippen LogP contribution is -2.72. The van der Waals surface area contributed by atoms with Gasteiger partial charge in [0, 0.05) is 20.2 Å². The van der Waals surface area contributed by atoms with Crippen molar-refractivity contribution in [3.05, 3.63) is 121 Å². The summed E-state index contributed by atoms with van der Waals surface area (Å²) in [5, 5.41) is 8.73. The minimum atomic E-state index is -2.42. The maximum absolute atomic E-state index is 2.47. The first-order chi connectivity index (χ1) is 16.3. The van der Waals surface area contributed by atoms with E-state index in [-0.39, 0.29) is 0 Å². The van der Waals surface area contributed by atoms with Crippen LogP contribution >= 0.6 is 11.3 Å². The number of hydrogen-bond donors (Lipinski definition) is 0. The third-order valence-corrected chi connectivity index (χ3v) is 13.3. The van der Waals surface area contributed by atoms with E-state index >= 15 is 0 Å². The molecule has 2 heteroatoms. The Bertz CT molecular complexity index is 1620. The fourth-order valence-electron chi connectivity index (χ4n) is 5.87. The lowest BCUT2D eigenvalue weighted by atomic mass is 10.0. The molecule has 0 bridgehead atoms. The molecule has 1 aromatic heterocycles. The van der Waals surface area contributed by atoms with E-state index in [9.17, 15) is 0 Å². The smallest absolute Gasteiger partial charge is 0.135 e. The second-order valence-electron chi connectivity index (χ2n) is 8.99. The molecule has 7 rings (SSSR count). The molecular formula is C31H22SSi. The van der Waals surface area contributed by atoms with Crippen molar-refractivity contribution in [2.24, 2.45) is 0 Å². The standard InChI is InChI=1S/C31H22SSi/c1-21-16-17-26-29(20-21)33(22-10-4-2-5-11-22,23-12-6-3-7-13-23)28-19-18-25-24-14-8-9-15-27(24)32-31(25)30(26)28/h2-20H,1H3. The van der Waals surface area contributed by atoms with Crippen LogP contribution < -0.4 is 20.7 Å². The summed E-state index contributed by atoms with van der Waals surface area (Å²) in [5.41, 5.74) is 4.22. The Morgan fingerprint density at radius 3 is 1.97 bits per heavy atom. The molecule has 33 heavy (non-hydrogen) atoms. The fourth-order valence-corrected chi connectivity index (χ4v) is 12.5. The molecule has 0 aliphatic carbocycles. The molecule has 156 valence electrons. The highest BCUT2D eigenvalue weighted by Gasteiger charge is 2.49. The summed E-state index contributed by atoms with van der Waals surface area (Å²) in [4.78, 5) is 0. The van der Waals surface area contributed by atoms with Crippen molar-refractivity contribution in [3.8, 4) is 11.1 Å². The highest BCUT2D eigenvalue weighted by molar-refractivity contribution is 7.28. The normalized spacial score (nSPS) is 13.8. The zero-order valence-electron chi connectivity index (χ0n) is 18.4. The molecule has 2 heterocycles. The predicted molar refractivity (Wildman–Crippen MR) is 147 cm³/mol. The van der Waals surface area contributed by atoms with Gasteiger partial charge >= 0.3 is 0 Å². The number of aryl methyl sites for hydroxylation is 1. The van der Waals surface area contributed by atoms with Crippen LogP contribution in [0, 0.1) is 6.92 Å². The number of fused-ring (bicyclic) bond motifs is 7. The predicted octanol–water partition coefficient (Wildman–Crippen LogP) is 5.72. The minimum absolute atomic E-state index is 1.33. The van der Waals surface area contributed by atoms with Crippen LogP contribution in [-0.4, -0.2) is 8.07 Å². The van der Waals surface area contributed by atoms with Crippen LogP contribution in [0.1, 0.15) is 5.56 Å². The molecule has 0 unspecified atom stereocenters. The van der Waals surface area contributed by atoms with Gasteiger partial charge in [-0.3, -0.25) is 0 Å². The second-order valence-corrected chi connectivity index (χ2v) is 13.8. The molecule has 6 aromatic rings. The number of benzene rings is 5. The average molecular weight is 455 g/mol. The Morgan fingerprint density at radius 1 is 0.576 bits per heavy atom.